The van der Waals surface area contributed by atoms with E-state index < -0.39 is 0 Å². The van der Waals surface area contributed by atoms with Gasteiger partial charge in [-0.1, -0.05) is 18.2 Å². The molecule has 0 unspecified atom stereocenters. The zero-order valence-electron chi connectivity index (χ0n) is 18.4. The molecule has 0 aliphatic rings. The molecule has 0 saturated carbocycles. The molecule has 0 aliphatic heterocycles. The third-order valence-corrected chi connectivity index (χ3v) is 4.75. The summed E-state index contributed by atoms with van der Waals surface area (Å²) in [6, 6.07) is 18.6. The third-order valence-electron chi connectivity index (χ3n) is 4.75. The molecule has 0 heterocycles. The van der Waals surface area contributed by atoms with E-state index in [4.69, 9.17) is 10.5 Å². The zero-order valence-corrected chi connectivity index (χ0v) is 18.4. The van der Waals surface area contributed by atoms with Crippen LogP contribution < -0.4 is 10.2 Å². The van der Waals surface area contributed by atoms with Crippen molar-refractivity contribution in [3.05, 3.63) is 59.2 Å². The van der Waals surface area contributed by atoms with Gasteiger partial charge in [0.2, 0.25) is 0 Å². The molecule has 0 amide bonds. The van der Waals surface area contributed by atoms with E-state index in [0.29, 0.717) is 19.4 Å². The third kappa shape index (κ3) is 8.72. The number of nitrogens with one attached hydrogen (secondary N) is 1. The summed E-state index contributed by atoms with van der Waals surface area (Å²) in [6.07, 6.45) is 5.71. The van der Waals surface area contributed by atoms with Gasteiger partial charge in [0.15, 0.2) is 0 Å². The highest BCUT2D eigenvalue weighted by molar-refractivity contribution is 5.81. The van der Waals surface area contributed by atoms with Crippen LogP contribution in [0.25, 0.3) is 0 Å². The summed E-state index contributed by atoms with van der Waals surface area (Å²) in [4.78, 5) is 11.1. The number of hydrogen-bond acceptors (Lipinski definition) is 6. The Bertz CT molecular complexity index is 947. The summed E-state index contributed by atoms with van der Waals surface area (Å²) in [7, 11) is 1.99. The van der Waals surface area contributed by atoms with Crippen LogP contribution in [0.2, 0.25) is 0 Å². The molecule has 2 aromatic carbocycles. The Morgan fingerprint density at radius 3 is 2.23 bits per heavy atom. The Balaban J connectivity index is 1.71. The molecular formula is C25H30N6. The smallest absolute Gasteiger partial charge is 0.0640 e. The van der Waals surface area contributed by atoms with Crippen LogP contribution in [0.5, 0.6) is 0 Å². The lowest BCUT2D eigenvalue weighted by atomic mass is 10.1. The molecule has 0 atom stereocenters. The van der Waals surface area contributed by atoms with Crippen LogP contribution in [0, 0.1) is 29.6 Å². The highest BCUT2D eigenvalue weighted by Crippen LogP contribution is 2.16. The van der Waals surface area contributed by atoms with E-state index in [1.54, 1.807) is 0 Å². The molecule has 31 heavy (non-hydrogen) atoms. The minimum atomic E-state index is 0.497. The molecule has 160 valence electrons. The summed E-state index contributed by atoms with van der Waals surface area (Å²) in [6.45, 7) is 4.92. The molecule has 1 N–H and O–H groups in total. The predicted molar refractivity (Wildman–Crippen MR) is 129 cm³/mol. The number of aliphatic imine (C=N–C) groups is 2. The summed E-state index contributed by atoms with van der Waals surface area (Å²) < 4.78 is 0. The fourth-order valence-corrected chi connectivity index (χ4v) is 2.97. The molecule has 6 heteroatoms. The van der Waals surface area contributed by atoms with Crippen molar-refractivity contribution < 1.29 is 0 Å². The van der Waals surface area contributed by atoms with Crippen molar-refractivity contribution in [3.63, 3.8) is 0 Å². The molecule has 0 aromatic heterocycles. The van der Waals surface area contributed by atoms with Gasteiger partial charge < -0.3 is 10.2 Å². The van der Waals surface area contributed by atoms with E-state index in [1.807, 2.05) is 43.7 Å². The van der Waals surface area contributed by atoms with E-state index in [9.17, 15) is 0 Å². The van der Waals surface area contributed by atoms with E-state index in [0.717, 1.165) is 54.1 Å². The molecule has 2 aromatic rings. The van der Waals surface area contributed by atoms with Crippen LogP contribution in [0.1, 0.15) is 36.0 Å². The first-order valence-electron chi connectivity index (χ1n) is 10.5. The second-order valence-corrected chi connectivity index (χ2v) is 7.25. The maximum absolute atomic E-state index is 8.68. The Labute approximate surface area is 185 Å². The fourth-order valence-electron chi connectivity index (χ4n) is 2.97. The van der Waals surface area contributed by atoms with Crippen molar-refractivity contribution in [2.24, 2.45) is 9.98 Å². The van der Waals surface area contributed by atoms with Gasteiger partial charge in [0.25, 0.3) is 0 Å². The Morgan fingerprint density at radius 2 is 1.58 bits per heavy atom. The van der Waals surface area contributed by atoms with Gasteiger partial charge in [-0.3, -0.25) is 9.98 Å². The van der Waals surface area contributed by atoms with Gasteiger partial charge in [-0.2, -0.15) is 10.5 Å². The number of nitriles is 2. The summed E-state index contributed by atoms with van der Waals surface area (Å²) in [5.74, 6) is 0. The summed E-state index contributed by atoms with van der Waals surface area (Å²) in [5, 5.41) is 20.6. The van der Waals surface area contributed by atoms with Gasteiger partial charge in [0, 0.05) is 57.0 Å². The van der Waals surface area contributed by atoms with Crippen molar-refractivity contribution in [3.8, 4) is 12.1 Å². The van der Waals surface area contributed by atoms with Crippen molar-refractivity contribution >= 4 is 23.8 Å². The predicted octanol–water partition coefficient (Wildman–Crippen LogP) is 4.60. The molecule has 0 saturated heterocycles. The van der Waals surface area contributed by atoms with E-state index in [2.05, 4.69) is 57.5 Å². The zero-order chi connectivity index (χ0) is 22.3. The largest absolute Gasteiger partial charge is 0.384 e. The van der Waals surface area contributed by atoms with Crippen molar-refractivity contribution in [1.29, 1.82) is 10.5 Å². The van der Waals surface area contributed by atoms with Crippen LogP contribution in [0.15, 0.2) is 52.4 Å². The minimum absolute atomic E-state index is 0.497. The average Bonchev–Trinajstić information content (AvgIpc) is 2.78. The molecule has 0 fully saturated rings. The number of anilines is 2. The van der Waals surface area contributed by atoms with Crippen LogP contribution in [0.4, 0.5) is 11.4 Å². The number of nitrogens with zero attached hydrogens (tertiary/aromatic N) is 5. The van der Waals surface area contributed by atoms with Gasteiger partial charge in [-0.05, 0) is 54.3 Å². The molecule has 2 rings (SSSR count). The van der Waals surface area contributed by atoms with Gasteiger partial charge in [-0.25, -0.2) is 0 Å². The Kier molecular flexibility index (Phi) is 10.3. The SMILES string of the molecule is Cc1cc(C=NCCCN=Cc2ccc(N(C)CCC#N)cc2)ccc1NCCC#N. The van der Waals surface area contributed by atoms with Crippen LogP contribution in [-0.4, -0.2) is 45.7 Å². The number of hydrogen-bond donors (Lipinski definition) is 1. The monoisotopic (exact) mass is 414 g/mol. The second kappa shape index (κ2) is 13.6. The highest BCUT2D eigenvalue weighted by Gasteiger charge is 2.00. The van der Waals surface area contributed by atoms with Crippen molar-refractivity contribution in [2.75, 3.05) is 43.4 Å². The second-order valence-electron chi connectivity index (χ2n) is 7.25. The normalized spacial score (nSPS) is 10.8. The van der Waals surface area contributed by atoms with Gasteiger partial charge >= 0.3 is 0 Å². The van der Waals surface area contributed by atoms with E-state index >= 15 is 0 Å². The standard InChI is InChI=1S/C25H30N6/c1-21-18-23(8-11-25(21)30-16-3-12-26)20-29-15-5-14-28-19-22-6-9-24(10-7-22)31(2)17-4-13-27/h6-11,18-20,30H,3-5,14-17H2,1-2H3. The first kappa shape index (κ1) is 23.6. The van der Waals surface area contributed by atoms with Crippen LogP contribution in [0.3, 0.4) is 0 Å². The summed E-state index contributed by atoms with van der Waals surface area (Å²) >= 11 is 0. The van der Waals surface area contributed by atoms with Crippen LogP contribution >= 0.6 is 0 Å². The lowest BCUT2D eigenvalue weighted by Crippen LogP contribution is -2.17. The van der Waals surface area contributed by atoms with E-state index in [-0.39, 0.29) is 0 Å². The lowest BCUT2D eigenvalue weighted by molar-refractivity contribution is 0.851. The quantitative estimate of drug-likeness (QED) is 0.406. The van der Waals surface area contributed by atoms with Gasteiger partial charge in [0.1, 0.15) is 0 Å². The highest BCUT2D eigenvalue weighted by atomic mass is 15.1. The minimum Gasteiger partial charge on any atom is -0.384 e. The number of rotatable bonds is 12. The molecular weight excluding hydrogens is 384 g/mol. The Morgan fingerprint density at radius 1 is 0.935 bits per heavy atom. The van der Waals surface area contributed by atoms with E-state index in [1.165, 1.54) is 0 Å². The molecule has 0 aliphatic carbocycles. The lowest BCUT2D eigenvalue weighted by Gasteiger charge is -2.17. The van der Waals surface area contributed by atoms with Crippen molar-refractivity contribution in [1.82, 2.24) is 0 Å². The maximum atomic E-state index is 8.68. The molecule has 0 radical (unpaired) electrons. The topological polar surface area (TPSA) is 87.6 Å². The first-order chi connectivity index (χ1) is 15.1. The maximum Gasteiger partial charge on any atom is 0.0640 e. The summed E-state index contributed by atoms with van der Waals surface area (Å²) in [5.41, 5.74) is 5.45. The average molecular weight is 415 g/mol. The molecule has 0 bridgehead atoms. The van der Waals surface area contributed by atoms with Crippen LogP contribution in [-0.2, 0) is 0 Å². The molecule has 0 spiro atoms. The number of aryl methyl sites for hydroxylation is 1. The Hall–Kier alpha value is -3.64. The van der Waals surface area contributed by atoms with Crippen molar-refractivity contribution in [2.45, 2.75) is 26.2 Å². The fraction of sp³-hybridized carbons (Fsp3) is 0.360. The van der Waals surface area contributed by atoms with Gasteiger partial charge in [0.05, 0.1) is 25.0 Å². The first-order valence-corrected chi connectivity index (χ1v) is 10.5. The molecule has 6 nitrogen and oxygen atoms in total. The van der Waals surface area contributed by atoms with Gasteiger partial charge in [-0.15, -0.1) is 0 Å². The number of benzene rings is 2.